The summed E-state index contributed by atoms with van der Waals surface area (Å²) in [5, 5.41) is 14.7. The quantitative estimate of drug-likeness (QED) is 0.487. The molecule has 0 spiro atoms. The maximum atomic E-state index is 13.0. The Hall–Kier alpha value is -3.30. The molecular weight excluding hydrogens is 418 g/mol. The van der Waals surface area contributed by atoms with Gasteiger partial charge in [0, 0.05) is 6.54 Å². The van der Waals surface area contributed by atoms with Gasteiger partial charge < -0.3 is 30.1 Å². The molecule has 1 aromatic rings. The Morgan fingerprint density at radius 3 is 2.31 bits per heavy atom. The lowest BCUT2D eigenvalue weighted by Crippen LogP contribution is -2.48. The van der Waals surface area contributed by atoms with Crippen molar-refractivity contribution in [1.82, 2.24) is 15.5 Å². The summed E-state index contributed by atoms with van der Waals surface area (Å²) in [5.41, 5.74) is 0.238. The van der Waals surface area contributed by atoms with Crippen molar-refractivity contribution in [3.05, 3.63) is 29.3 Å². The molecule has 1 unspecified atom stereocenters. The highest BCUT2D eigenvalue weighted by atomic mass is 16.6. The predicted molar refractivity (Wildman–Crippen MR) is 117 cm³/mol. The van der Waals surface area contributed by atoms with Gasteiger partial charge in [0.15, 0.2) is 0 Å². The van der Waals surface area contributed by atoms with Crippen LogP contribution >= 0.6 is 0 Å². The Kier molecular flexibility index (Phi) is 9.96. The number of benzene rings is 1. The Bertz CT molecular complexity index is 833. The van der Waals surface area contributed by atoms with Crippen LogP contribution in [0.3, 0.4) is 0 Å². The zero-order valence-electron chi connectivity index (χ0n) is 19.5. The Morgan fingerprint density at radius 1 is 1.12 bits per heavy atom. The summed E-state index contributed by atoms with van der Waals surface area (Å²) >= 11 is 0. The second-order valence-corrected chi connectivity index (χ2v) is 8.18. The van der Waals surface area contributed by atoms with Crippen molar-refractivity contribution in [2.75, 3.05) is 26.7 Å². The fourth-order valence-corrected chi connectivity index (χ4v) is 2.85. The van der Waals surface area contributed by atoms with Crippen LogP contribution < -0.4 is 10.6 Å². The molecule has 178 valence electrons. The Morgan fingerprint density at radius 2 is 1.78 bits per heavy atom. The first-order valence-corrected chi connectivity index (χ1v) is 10.3. The van der Waals surface area contributed by atoms with E-state index >= 15 is 0 Å². The summed E-state index contributed by atoms with van der Waals surface area (Å²) in [6, 6.07) is 3.46. The molecule has 0 saturated carbocycles. The van der Waals surface area contributed by atoms with Crippen molar-refractivity contribution in [1.29, 1.82) is 0 Å². The molecule has 1 aromatic carbocycles. The first-order valence-electron chi connectivity index (χ1n) is 10.3. The molecule has 0 fully saturated rings. The molecule has 32 heavy (non-hydrogen) atoms. The number of hydrogen-bond acceptors (Lipinski definition) is 7. The van der Waals surface area contributed by atoms with Gasteiger partial charge in [-0.25, -0.2) is 4.79 Å². The number of hydrogen-bond donors (Lipinski definition) is 3. The maximum absolute atomic E-state index is 13.0. The molecule has 10 heteroatoms. The molecule has 0 aromatic heterocycles. The summed E-state index contributed by atoms with van der Waals surface area (Å²) in [7, 11) is 1.20. The number of aryl methyl sites for hydroxylation is 1. The minimum absolute atomic E-state index is 0.0439. The number of phenols is 1. The van der Waals surface area contributed by atoms with Gasteiger partial charge in [0.1, 0.15) is 30.5 Å². The van der Waals surface area contributed by atoms with Crippen LogP contribution in [0.15, 0.2) is 18.2 Å². The Balaban J connectivity index is 3.17. The van der Waals surface area contributed by atoms with Gasteiger partial charge in [-0.15, -0.1) is 0 Å². The highest BCUT2D eigenvalue weighted by Crippen LogP contribution is 2.26. The smallest absolute Gasteiger partial charge is 0.408 e. The lowest BCUT2D eigenvalue weighted by Gasteiger charge is -2.31. The molecule has 0 bridgehead atoms. The van der Waals surface area contributed by atoms with Crippen LogP contribution in [-0.2, 0) is 23.9 Å². The molecule has 0 aliphatic rings. The molecule has 10 nitrogen and oxygen atoms in total. The van der Waals surface area contributed by atoms with E-state index in [0.717, 1.165) is 0 Å². The molecule has 3 amide bonds. The van der Waals surface area contributed by atoms with Crippen LogP contribution in [0.25, 0.3) is 0 Å². The van der Waals surface area contributed by atoms with Gasteiger partial charge in [-0.05, 0) is 57.4 Å². The van der Waals surface area contributed by atoms with E-state index in [4.69, 9.17) is 4.74 Å². The normalized spacial score (nSPS) is 11.8. The number of esters is 1. The van der Waals surface area contributed by atoms with Crippen LogP contribution in [0.2, 0.25) is 0 Å². The average Bonchev–Trinajstić information content (AvgIpc) is 2.71. The van der Waals surface area contributed by atoms with Crippen LogP contribution in [0.1, 0.15) is 51.3 Å². The van der Waals surface area contributed by atoms with E-state index in [1.807, 2.05) is 6.92 Å². The zero-order chi connectivity index (χ0) is 24.5. The number of amides is 3. The second-order valence-electron chi connectivity index (χ2n) is 8.18. The third-order valence-electron chi connectivity index (χ3n) is 4.30. The van der Waals surface area contributed by atoms with E-state index in [2.05, 4.69) is 15.4 Å². The summed E-state index contributed by atoms with van der Waals surface area (Å²) in [4.78, 5) is 50.8. The number of carbonyl (C=O) groups is 4. The molecule has 3 N–H and O–H groups in total. The van der Waals surface area contributed by atoms with Crippen molar-refractivity contribution in [2.45, 2.75) is 52.7 Å². The molecule has 0 radical (unpaired) electrons. The summed E-state index contributed by atoms with van der Waals surface area (Å²) in [6.45, 7) is 8.07. The second kappa shape index (κ2) is 11.9. The monoisotopic (exact) mass is 451 g/mol. The molecular formula is C22H33N3O7. The van der Waals surface area contributed by atoms with E-state index in [1.54, 1.807) is 33.8 Å². The number of alkyl carbamates (subject to hydrolysis) is 1. The fraction of sp³-hybridized carbons (Fsp3) is 0.545. The number of rotatable bonds is 9. The summed E-state index contributed by atoms with van der Waals surface area (Å²) < 4.78 is 9.70. The third kappa shape index (κ3) is 8.44. The topological polar surface area (TPSA) is 134 Å². The number of phenolic OH excluding ortho intramolecular Hbond substituents is 1. The average molecular weight is 452 g/mol. The van der Waals surface area contributed by atoms with Gasteiger partial charge in [-0.1, -0.05) is 13.0 Å². The maximum Gasteiger partial charge on any atom is 0.408 e. The minimum atomic E-state index is -1.09. The van der Waals surface area contributed by atoms with Gasteiger partial charge >= 0.3 is 12.1 Å². The highest BCUT2D eigenvalue weighted by molar-refractivity contribution is 5.92. The lowest BCUT2D eigenvalue weighted by molar-refractivity contribution is -0.143. The van der Waals surface area contributed by atoms with E-state index in [9.17, 15) is 24.3 Å². The number of carbonyl (C=O) groups excluding carboxylic acids is 4. The van der Waals surface area contributed by atoms with Crippen molar-refractivity contribution in [3.63, 3.8) is 0 Å². The van der Waals surface area contributed by atoms with Gasteiger partial charge in [0.25, 0.3) is 0 Å². The molecule has 0 heterocycles. The largest absolute Gasteiger partial charge is 0.508 e. The lowest BCUT2D eigenvalue weighted by atomic mass is 10.0. The summed E-state index contributed by atoms with van der Waals surface area (Å²) in [5.74, 6) is -1.71. The predicted octanol–water partition coefficient (Wildman–Crippen LogP) is 1.79. The number of ether oxygens (including phenoxy) is 2. The Labute approximate surface area is 188 Å². The van der Waals surface area contributed by atoms with E-state index in [0.29, 0.717) is 17.5 Å². The van der Waals surface area contributed by atoms with Crippen LogP contribution in [-0.4, -0.2) is 66.2 Å². The third-order valence-corrected chi connectivity index (χ3v) is 4.30. The van der Waals surface area contributed by atoms with Crippen LogP contribution in [0.5, 0.6) is 5.75 Å². The number of nitrogens with zero attached hydrogens (tertiary/aromatic N) is 1. The number of nitrogens with one attached hydrogen (secondary N) is 2. The molecule has 0 aliphatic carbocycles. The van der Waals surface area contributed by atoms with Gasteiger partial charge in [0.2, 0.25) is 11.8 Å². The number of methoxy groups -OCH3 is 1. The van der Waals surface area contributed by atoms with Crippen molar-refractivity contribution in [2.24, 2.45) is 0 Å². The molecule has 0 saturated heterocycles. The van der Waals surface area contributed by atoms with Gasteiger partial charge in [-0.2, -0.15) is 0 Å². The van der Waals surface area contributed by atoms with Crippen molar-refractivity contribution >= 4 is 23.9 Å². The number of aromatic hydroxyl groups is 1. The van der Waals surface area contributed by atoms with Crippen LogP contribution in [0.4, 0.5) is 4.79 Å². The highest BCUT2D eigenvalue weighted by Gasteiger charge is 2.32. The van der Waals surface area contributed by atoms with Gasteiger partial charge in [-0.3, -0.25) is 14.4 Å². The fourth-order valence-electron chi connectivity index (χ4n) is 2.85. The molecule has 0 aliphatic heterocycles. The summed E-state index contributed by atoms with van der Waals surface area (Å²) in [6.07, 6.45) is -0.217. The van der Waals surface area contributed by atoms with E-state index < -0.39 is 35.5 Å². The van der Waals surface area contributed by atoms with Crippen molar-refractivity contribution in [3.8, 4) is 5.75 Å². The zero-order valence-corrected chi connectivity index (χ0v) is 19.5. The molecule has 1 atom stereocenters. The van der Waals surface area contributed by atoms with Gasteiger partial charge in [0.05, 0.1) is 7.11 Å². The standard InChI is InChI=1S/C22H33N3O7/c1-7-10-25(17(27)12-24-21(30)32-22(3,4)5)19(20(29)23-13-18(28)31-6)15-8-9-16(26)14(2)11-15/h8-9,11,19,26H,7,10,12-13H2,1-6H3,(H,23,29)(H,24,30). The van der Waals surface area contributed by atoms with Crippen molar-refractivity contribution < 1.29 is 33.8 Å². The van der Waals surface area contributed by atoms with E-state index in [-0.39, 0.29) is 25.4 Å². The molecule has 1 rings (SSSR count). The first kappa shape index (κ1) is 26.7. The van der Waals surface area contributed by atoms with E-state index in [1.165, 1.54) is 24.1 Å². The SMILES string of the molecule is CCCN(C(=O)CNC(=O)OC(C)(C)C)C(C(=O)NCC(=O)OC)c1ccc(O)c(C)c1. The minimum Gasteiger partial charge on any atom is -0.508 e. The first-order chi connectivity index (χ1) is 14.9. The van der Waals surface area contributed by atoms with Crippen LogP contribution in [0, 0.1) is 6.92 Å².